The zero-order chi connectivity index (χ0) is 22.4. The summed E-state index contributed by atoms with van der Waals surface area (Å²) in [6.07, 6.45) is 3.82. The summed E-state index contributed by atoms with van der Waals surface area (Å²) in [6.45, 7) is 4.40. The molecule has 4 rings (SSSR count). The molecule has 32 heavy (non-hydrogen) atoms. The number of nitrogens with one attached hydrogen (secondary N) is 1. The van der Waals surface area contributed by atoms with Crippen LogP contribution in [0.2, 0.25) is 0 Å². The van der Waals surface area contributed by atoms with E-state index < -0.39 is 15.9 Å². The van der Waals surface area contributed by atoms with E-state index in [4.69, 9.17) is 0 Å². The van der Waals surface area contributed by atoms with Gasteiger partial charge in [0.1, 0.15) is 6.04 Å². The van der Waals surface area contributed by atoms with E-state index >= 15 is 0 Å². The van der Waals surface area contributed by atoms with E-state index in [0.717, 1.165) is 30.8 Å². The van der Waals surface area contributed by atoms with Gasteiger partial charge in [-0.05, 0) is 42.6 Å². The lowest BCUT2D eigenvalue weighted by Crippen LogP contribution is -2.47. The molecule has 1 atom stereocenters. The normalized spacial score (nSPS) is 20.5. The van der Waals surface area contributed by atoms with Gasteiger partial charge in [-0.3, -0.25) is 14.6 Å². The van der Waals surface area contributed by atoms with Crippen LogP contribution in [-0.2, 0) is 27.7 Å². The molecule has 7 heteroatoms. The number of hydrogen-bond donors (Lipinski definition) is 1. The fourth-order valence-electron chi connectivity index (χ4n) is 4.67. The SMILES string of the molecule is O=C(NCc1ccccc1CN1CCCCC1)C(c1ccccc1)N1CCS(=O)(=O)CC1. The number of piperidine rings is 1. The Labute approximate surface area is 191 Å². The molecule has 6 nitrogen and oxygen atoms in total. The van der Waals surface area contributed by atoms with E-state index in [1.165, 1.54) is 24.8 Å². The quantitative estimate of drug-likeness (QED) is 0.695. The van der Waals surface area contributed by atoms with Crippen LogP contribution in [0.4, 0.5) is 0 Å². The summed E-state index contributed by atoms with van der Waals surface area (Å²) in [6, 6.07) is 17.5. The summed E-state index contributed by atoms with van der Waals surface area (Å²) >= 11 is 0. The van der Waals surface area contributed by atoms with Crippen molar-refractivity contribution in [3.8, 4) is 0 Å². The molecule has 0 saturated carbocycles. The van der Waals surface area contributed by atoms with Crippen LogP contribution in [0.3, 0.4) is 0 Å². The second-order valence-electron chi connectivity index (χ2n) is 8.82. The lowest BCUT2D eigenvalue weighted by molar-refractivity contribution is -0.126. The highest BCUT2D eigenvalue weighted by Gasteiger charge is 2.32. The van der Waals surface area contributed by atoms with Crippen LogP contribution < -0.4 is 5.32 Å². The number of benzene rings is 2. The van der Waals surface area contributed by atoms with Crippen LogP contribution in [0.5, 0.6) is 0 Å². The van der Waals surface area contributed by atoms with Crippen molar-refractivity contribution in [2.24, 2.45) is 0 Å². The molecule has 0 radical (unpaired) electrons. The van der Waals surface area contributed by atoms with Gasteiger partial charge in [-0.1, -0.05) is 61.0 Å². The maximum Gasteiger partial charge on any atom is 0.242 e. The Morgan fingerprint density at radius 1 is 0.844 bits per heavy atom. The van der Waals surface area contributed by atoms with Gasteiger partial charge in [-0.15, -0.1) is 0 Å². The van der Waals surface area contributed by atoms with Gasteiger partial charge in [-0.2, -0.15) is 0 Å². The highest BCUT2D eigenvalue weighted by atomic mass is 32.2. The third kappa shape index (κ3) is 5.97. The molecule has 0 spiro atoms. The van der Waals surface area contributed by atoms with Crippen LogP contribution in [0, 0.1) is 0 Å². The first kappa shape index (κ1) is 23.0. The molecule has 0 bridgehead atoms. The molecule has 0 aliphatic carbocycles. The van der Waals surface area contributed by atoms with Crippen molar-refractivity contribution in [3.05, 3.63) is 71.3 Å². The molecular formula is C25H33N3O3S. The number of carbonyl (C=O) groups excluding carboxylic acids is 1. The number of carbonyl (C=O) groups is 1. The van der Waals surface area contributed by atoms with Crippen molar-refractivity contribution < 1.29 is 13.2 Å². The minimum atomic E-state index is -3.01. The third-order valence-electron chi connectivity index (χ3n) is 6.52. The van der Waals surface area contributed by atoms with Crippen molar-refractivity contribution >= 4 is 15.7 Å². The molecule has 2 fully saturated rings. The maximum atomic E-state index is 13.4. The first-order valence-corrected chi connectivity index (χ1v) is 13.4. The first-order valence-electron chi connectivity index (χ1n) is 11.6. The van der Waals surface area contributed by atoms with Crippen LogP contribution in [-0.4, -0.2) is 61.8 Å². The Bertz CT molecular complexity index is 990. The second kappa shape index (κ2) is 10.6. The predicted octanol–water partition coefficient (Wildman–Crippen LogP) is 2.76. The van der Waals surface area contributed by atoms with Crippen molar-refractivity contribution in [3.63, 3.8) is 0 Å². The van der Waals surface area contributed by atoms with Crippen molar-refractivity contribution in [2.45, 2.75) is 38.4 Å². The Hall–Kier alpha value is -2.22. The van der Waals surface area contributed by atoms with E-state index in [2.05, 4.69) is 28.4 Å². The Kier molecular flexibility index (Phi) is 7.60. The first-order chi connectivity index (χ1) is 15.5. The monoisotopic (exact) mass is 455 g/mol. The fraction of sp³-hybridized carbons (Fsp3) is 0.480. The Morgan fingerprint density at radius 3 is 2.16 bits per heavy atom. The number of nitrogens with zero attached hydrogens (tertiary/aromatic N) is 2. The van der Waals surface area contributed by atoms with Gasteiger partial charge in [-0.25, -0.2) is 8.42 Å². The third-order valence-corrected chi connectivity index (χ3v) is 8.13. The Balaban J connectivity index is 1.46. The van der Waals surface area contributed by atoms with Gasteiger partial charge in [0.15, 0.2) is 9.84 Å². The molecular weight excluding hydrogens is 422 g/mol. The molecule has 1 N–H and O–H groups in total. The predicted molar refractivity (Wildman–Crippen MR) is 127 cm³/mol. The summed E-state index contributed by atoms with van der Waals surface area (Å²) in [4.78, 5) is 17.8. The molecule has 2 aromatic carbocycles. The van der Waals surface area contributed by atoms with E-state index in [1.807, 2.05) is 41.3 Å². The van der Waals surface area contributed by atoms with Gasteiger partial charge in [0, 0.05) is 26.2 Å². The minimum Gasteiger partial charge on any atom is -0.350 e. The summed E-state index contributed by atoms with van der Waals surface area (Å²) in [7, 11) is -3.01. The molecule has 2 heterocycles. The molecule has 2 aromatic rings. The van der Waals surface area contributed by atoms with Crippen molar-refractivity contribution in [1.29, 1.82) is 0 Å². The van der Waals surface area contributed by atoms with E-state index in [0.29, 0.717) is 19.6 Å². The topological polar surface area (TPSA) is 69.7 Å². The molecule has 2 aliphatic heterocycles. The highest BCUT2D eigenvalue weighted by molar-refractivity contribution is 7.91. The average molecular weight is 456 g/mol. The largest absolute Gasteiger partial charge is 0.350 e. The lowest BCUT2D eigenvalue weighted by Gasteiger charge is -2.33. The van der Waals surface area contributed by atoms with Crippen LogP contribution in [0.15, 0.2) is 54.6 Å². The van der Waals surface area contributed by atoms with Gasteiger partial charge in [0.2, 0.25) is 5.91 Å². The van der Waals surface area contributed by atoms with Gasteiger partial charge in [0.05, 0.1) is 11.5 Å². The van der Waals surface area contributed by atoms with Crippen molar-refractivity contribution in [2.75, 3.05) is 37.7 Å². The summed E-state index contributed by atoms with van der Waals surface area (Å²) < 4.78 is 23.8. The summed E-state index contributed by atoms with van der Waals surface area (Å²) in [5.74, 6) is 0.119. The van der Waals surface area contributed by atoms with E-state index in [-0.39, 0.29) is 17.4 Å². The summed E-state index contributed by atoms with van der Waals surface area (Å²) in [5.41, 5.74) is 3.29. The average Bonchev–Trinajstić information content (AvgIpc) is 2.81. The van der Waals surface area contributed by atoms with Crippen LogP contribution in [0.25, 0.3) is 0 Å². The highest BCUT2D eigenvalue weighted by Crippen LogP contribution is 2.24. The fourth-order valence-corrected chi connectivity index (χ4v) is 5.90. The molecule has 2 saturated heterocycles. The molecule has 1 unspecified atom stereocenters. The van der Waals surface area contributed by atoms with Crippen molar-refractivity contribution in [1.82, 2.24) is 15.1 Å². The summed E-state index contributed by atoms with van der Waals surface area (Å²) in [5, 5.41) is 3.14. The molecule has 172 valence electrons. The van der Waals surface area contributed by atoms with Gasteiger partial charge < -0.3 is 5.32 Å². The standard InChI is InChI=1S/C25H33N3O3S/c29-25(24(21-9-3-1-4-10-21)28-15-17-32(30,31)18-16-28)26-19-22-11-5-6-12-23(22)20-27-13-7-2-8-14-27/h1,3-6,9-12,24H,2,7-8,13-20H2,(H,26,29). The second-order valence-corrected chi connectivity index (χ2v) is 11.1. The van der Waals surface area contributed by atoms with Crippen LogP contribution >= 0.6 is 0 Å². The zero-order valence-corrected chi connectivity index (χ0v) is 19.4. The van der Waals surface area contributed by atoms with Gasteiger partial charge >= 0.3 is 0 Å². The lowest BCUT2D eigenvalue weighted by atomic mass is 10.0. The number of amides is 1. The van der Waals surface area contributed by atoms with Gasteiger partial charge in [0.25, 0.3) is 0 Å². The minimum absolute atomic E-state index is 0.0803. The zero-order valence-electron chi connectivity index (χ0n) is 18.6. The molecule has 0 aromatic heterocycles. The molecule has 2 aliphatic rings. The Morgan fingerprint density at radius 2 is 1.47 bits per heavy atom. The molecule has 1 amide bonds. The van der Waals surface area contributed by atoms with Crippen LogP contribution in [0.1, 0.15) is 42.0 Å². The maximum absolute atomic E-state index is 13.4. The van der Waals surface area contributed by atoms with E-state index in [9.17, 15) is 13.2 Å². The number of sulfone groups is 1. The number of hydrogen-bond acceptors (Lipinski definition) is 5. The number of likely N-dealkylation sites (tertiary alicyclic amines) is 1. The van der Waals surface area contributed by atoms with E-state index in [1.54, 1.807) is 0 Å². The smallest absolute Gasteiger partial charge is 0.242 e. The number of rotatable bonds is 7.